The number of aryl methyl sites for hydroxylation is 2. The van der Waals surface area contributed by atoms with E-state index in [1.807, 2.05) is 56.3 Å². The summed E-state index contributed by atoms with van der Waals surface area (Å²) in [7, 11) is 1.68. The minimum Gasteiger partial charge on any atom is -0.508 e. The van der Waals surface area contributed by atoms with Crippen LogP contribution in [-0.4, -0.2) is 22.2 Å². The lowest BCUT2D eigenvalue weighted by atomic mass is 10.1. The molecule has 4 aromatic carbocycles. The fourth-order valence-electron chi connectivity index (χ4n) is 6.11. The molecule has 0 saturated carbocycles. The van der Waals surface area contributed by atoms with Crippen LogP contribution in [0.25, 0.3) is 0 Å². The number of aromatic hydroxyl groups is 1. The molecular formula is C44H44Br2N4O3. The molecule has 6 rings (SSSR count). The Morgan fingerprint density at radius 1 is 0.623 bits per heavy atom. The number of pyridine rings is 2. The molecule has 0 amide bonds. The van der Waals surface area contributed by atoms with E-state index < -0.39 is 0 Å². The Balaban J connectivity index is 1.13. The minimum atomic E-state index is -0.136. The highest BCUT2D eigenvalue weighted by molar-refractivity contribution is 9.10. The highest BCUT2D eigenvalue weighted by atomic mass is 79.9. The van der Waals surface area contributed by atoms with E-state index >= 15 is 0 Å². The first kappa shape index (κ1) is 37.9. The van der Waals surface area contributed by atoms with E-state index in [1.54, 1.807) is 19.2 Å². The summed E-state index contributed by atoms with van der Waals surface area (Å²) in [5, 5.41) is 9.81. The van der Waals surface area contributed by atoms with Gasteiger partial charge in [0.2, 0.25) is 0 Å². The number of benzene rings is 4. The van der Waals surface area contributed by atoms with Crippen molar-refractivity contribution in [2.24, 2.45) is 0 Å². The van der Waals surface area contributed by atoms with Crippen LogP contribution in [0.3, 0.4) is 0 Å². The third kappa shape index (κ3) is 10.2. The van der Waals surface area contributed by atoms with Crippen molar-refractivity contribution in [3.8, 4) is 17.2 Å². The second kappa shape index (κ2) is 17.3. The molecule has 0 aliphatic heterocycles. The van der Waals surface area contributed by atoms with Gasteiger partial charge >= 0.3 is 0 Å². The minimum absolute atomic E-state index is 0.136. The number of anilines is 2. The van der Waals surface area contributed by atoms with Crippen molar-refractivity contribution in [3.05, 3.63) is 169 Å². The van der Waals surface area contributed by atoms with E-state index in [2.05, 4.69) is 116 Å². The van der Waals surface area contributed by atoms with Gasteiger partial charge in [-0.15, -0.1) is 0 Å². The molecule has 9 heteroatoms. The molecule has 0 fully saturated rings. The molecule has 0 aliphatic carbocycles. The first-order chi connectivity index (χ1) is 25.5. The van der Waals surface area contributed by atoms with E-state index in [9.17, 15) is 5.11 Å². The number of ether oxygens (including phenoxy) is 2. The molecule has 1 N–H and O–H groups in total. The van der Waals surface area contributed by atoms with Crippen LogP contribution in [0.1, 0.15) is 57.8 Å². The number of methoxy groups -OCH3 is 1. The molecule has 6 aromatic rings. The number of phenolic OH excluding ortho intramolecular Hbond substituents is 1. The van der Waals surface area contributed by atoms with E-state index in [1.165, 1.54) is 11.1 Å². The van der Waals surface area contributed by atoms with E-state index in [0.29, 0.717) is 26.2 Å². The average Bonchev–Trinajstić information content (AvgIpc) is 3.15. The van der Waals surface area contributed by atoms with Crippen molar-refractivity contribution in [2.45, 2.75) is 60.0 Å². The lowest BCUT2D eigenvalue weighted by Crippen LogP contribution is -2.23. The van der Waals surface area contributed by atoms with Crippen LogP contribution in [0.2, 0.25) is 0 Å². The number of hydrogen-bond donors (Lipinski definition) is 1. The lowest BCUT2D eigenvalue weighted by Gasteiger charge is -2.26. The van der Waals surface area contributed by atoms with Crippen molar-refractivity contribution in [1.82, 2.24) is 9.97 Å². The highest BCUT2D eigenvalue weighted by Gasteiger charge is 2.16. The van der Waals surface area contributed by atoms with Crippen molar-refractivity contribution in [2.75, 3.05) is 16.9 Å². The molecule has 0 saturated heterocycles. The van der Waals surface area contributed by atoms with Gasteiger partial charge in [-0.2, -0.15) is 0 Å². The smallest absolute Gasteiger partial charge is 0.130 e. The van der Waals surface area contributed by atoms with Crippen molar-refractivity contribution >= 4 is 43.5 Å². The number of phenols is 1. The summed E-state index contributed by atoms with van der Waals surface area (Å²) in [6.45, 7) is 10.9. The normalized spacial score (nSPS) is 11.6. The maximum atomic E-state index is 9.81. The van der Waals surface area contributed by atoms with Gasteiger partial charge in [0.1, 0.15) is 35.0 Å². The topological polar surface area (TPSA) is 71.0 Å². The molecular weight excluding hydrogens is 792 g/mol. The molecule has 272 valence electrons. The van der Waals surface area contributed by atoms with Gasteiger partial charge in [0, 0.05) is 46.5 Å². The van der Waals surface area contributed by atoms with Gasteiger partial charge in [0.15, 0.2) is 0 Å². The predicted octanol–water partition coefficient (Wildman–Crippen LogP) is 11.2. The van der Waals surface area contributed by atoms with Gasteiger partial charge in [-0.3, -0.25) is 0 Å². The Kier molecular flexibility index (Phi) is 12.4. The molecule has 2 aromatic heterocycles. The first-order valence-electron chi connectivity index (χ1n) is 17.6. The SMILES string of the molecule is COc1ccc(CN(Cc2ccc(C(C)Oc3ccc(CN(Cc4ccc(O)cc4)c4cc(Br)c(C)c(C)n4)cc3)cc2)c2cc(Br)cc(C)n2)cc1. The average molecular weight is 837 g/mol. The van der Waals surface area contributed by atoms with Crippen LogP contribution in [0, 0.1) is 20.8 Å². The van der Waals surface area contributed by atoms with Crippen LogP contribution in [-0.2, 0) is 26.2 Å². The summed E-state index contributed by atoms with van der Waals surface area (Å²) in [5.74, 6) is 3.71. The molecule has 1 unspecified atom stereocenters. The van der Waals surface area contributed by atoms with Crippen LogP contribution in [0.5, 0.6) is 17.2 Å². The Hall–Kier alpha value is -4.86. The van der Waals surface area contributed by atoms with Crippen LogP contribution < -0.4 is 19.3 Å². The van der Waals surface area contributed by atoms with Crippen LogP contribution in [0.15, 0.2) is 124 Å². The molecule has 0 radical (unpaired) electrons. The van der Waals surface area contributed by atoms with Gasteiger partial charge in [0.25, 0.3) is 0 Å². The second-order valence-electron chi connectivity index (χ2n) is 13.3. The third-order valence-electron chi connectivity index (χ3n) is 9.27. The number of hydrogen-bond acceptors (Lipinski definition) is 7. The molecule has 0 bridgehead atoms. The van der Waals surface area contributed by atoms with Crippen molar-refractivity contribution < 1.29 is 14.6 Å². The Bertz CT molecular complexity index is 2080. The number of nitrogens with zero attached hydrogens (tertiary/aromatic N) is 4. The van der Waals surface area contributed by atoms with Gasteiger partial charge in [-0.05, 0) is 116 Å². The Morgan fingerprint density at radius 2 is 1.09 bits per heavy atom. The molecule has 0 spiro atoms. The summed E-state index contributed by atoms with van der Waals surface area (Å²) < 4.78 is 13.8. The highest BCUT2D eigenvalue weighted by Crippen LogP contribution is 2.29. The second-order valence-corrected chi connectivity index (χ2v) is 15.1. The molecule has 53 heavy (non-hydrogen) atoms. The summed E-state index contributed by atoms with van der Waals surface area (Å²) in [6, 6.07) is 38.6. The number of halogens is 2. The van der Waals surface area contributed by atoms with Gasteiger partial charge in [0.05, 0.1) is 7.11 Å². The molecule has 0 aliphatic rings. The van der Waals surface area contributed by atoms with E-state index in [-0.39, 0.29) is 11.9 Å². The molecule has 1 atom stereocenters. The fraction of sp³-hybridized carbons (Fsp3) is 0.227. The van der Waals surface area contributed by atoms with E-state index in [4.69, 9.17) is 19.4 Å². The largest absolute Gasteiger partial charge is 0.508 e. The van der Waals surface area contributed by atoms with Crippen molar-refractivity contribution in [3.63, 3.8) is 0 Å². The zero-order valence-electron chi connectivity index (χ0n) is 30.7. The van der Waals surface area contributed by atoms with Gasteiger partial charge < -0.3 is 24.4 Å². The van der Waals surface area contributed by atoms with Crippen LogP contribution >= 0.6 is 31.9 Å². The summed E-state index contributed by atoms with van der Waals surface area (Å²) >= 11 is 7.37. The zero-order valence-corrected chi connectivity index (χ0v) is 33.9. The quantitative estimate of drug-likeness (QED) is 0.117. The van der Waals surface area contributed by atoms with E-state index in [0.717, 1.165) is 65.7 Å². The monoisotopic (exact) mass is 834 g/mol. The summed E-state index contributed by atoms with van der Waals surface area (Å²) in [4.78, 5) is 14.3. The van der Waals surface area contributed by atoms with Crippen LogP contribution in [0.4, 0.5) is 11.6 Å². The zero-order chi connectivity index (χ0) is 37.5. The maximum Gasteiger partial charge on any atom is 0.130 e. The fourth-order valence-corrected chi connectivity index (χ4v) is 7.13. The first-order valence-corrected chi connectivity index (χ1v) is 19.1. The lowest BCUT2D eigenvalue weighted by molar-refractivity contribution is 0.227. The summed E-state index contributed by atoms with van der Waals surface area (Å²) in [5.41, 5.74) is 8.75. The maximum absolute atomic E-state index is 9.81. The molecule has 2 heterocycles. The van der Waals surface area contributed by atoms with Gasteiger partial charge in [-0.1, -0.05) is 92.5 Å². The Labute approximate surface area is 329 Å². The third-order valence-corrected chi connectivity index (χ3v) is 10.5. The number of aromatic nitrogens is 2. The van der Waals surface area contributed by atoms with Gasteiger partial charge in [-0.25, -0.2) is 9.97 Å². The molecule has 7 nitrogen and oxygen atoms in total. The standard InChI is InChI=1S/C44H44Br2N4O3/c1-29-22-38(45)23-43(47-29)49(27-35-10-18-40(52-5)19-11-35)25-33-6-14-37(15-7-33)32(4)53-41-20-12-36(13-21-41)28-50(26-34-8-16-39(51)17-9-34)44-24-42(46)30(2)31(3)48-44/h6-24,32,51H,25-28H2,1-5H3. The Morgan fingerprint density at radius 3 is 1.58 bits per heavy atom. The summed E-state index contributed by atoms with van der Waals surface area (Å²) in [6.07, 6.45) is -0.136. The number of rotatable bonds is 14. The predicted molar refractivity (Wildman–Crippen MR) is 221 cm³/mol. The van der Waals surface area contributed by atoms with Crippen molar-refractivity contribution in [1.29, 1.82) is 0 Å².